The summed E-state index contributed by atoms with van der Waals surface area (Å²) in [6.07, 6.45) is 1.65. The first-order chi connectivity index (χ1) is 11.2. The average Bonchev–Trinajstić information content (AvgIpc) is 2.91. The average molecular weight is 344 g/mol. The number of amides is 1. The van der Waals surface area contributed by atoms with Crippen LogP contribution in [0.15, 0.2) is 64.8 Å². The minimum absolute atomic E-state index is 0.0549. The maximum Gasteiger partial charge on any atom is 0.239 e. The standard InChI is InChI=1S/C17H14ClN3OS/c18-15-8-6-13(7-9-15)10-19-20-17-21(16(22)12-23-17)11-14-4-2-1-3-5-14/h1-10H,11-12H2. The molecule has 116 valence electrons. The Morgan fingerprint density at radius 2 is 1.87 bits per heavy atom. The summed E-state index contributed by atoms with van der Waals surface area (Å²) in [4.78, 5) is 13.7. The van der Waals surface area contributed by atoms with E-state index in [0.717, 1.165) is 11.1 Å². The molecule has 0 aromatic heterocycles. The van der Waals surface area contributed by atoms with Gasteiger partial charge in [-0.2, -0.15) is 5.10 Å². The van der Waals surface area contributed by atoms with Crippen LogP contribution in [0.3, 0.4) is 0 Å². The Kier molecular flexibility index (Phi) is 5.10. The minimum Gasteiger partial charge on any atom is -0.285 e. The molecule has 23 heavy (non-hydrogen) atoms. The van der Waals surface area contributed by atoms with Gasteiger partial charge in [0.25, 0.3) is 0 Å². The van der Waals surface area contributed by atoms with Crippen LogP contribution in [0.5, 0.6) is 0 Å². The predicted octanol–water partition coefficient (Wildman–Crippen LogP) is 3.81. The Hall–Kier alpha value is -2.11. The summed E-state index contributed by atoms with van der Waals surface area (Å²) in [5, 5.41) is 9.58. The maximum absolute atomic E-state index is 12.0. The fourth-order valence-electron chi connectivity index (χ4n) is 2.09. The van der Waals surface area contributed by atoms with E-state index >= 15 is 0 Å². The Balaban J connectivity index is 1.72. The molecule has 1 amide bonds. The number of carbonyl (C=O) groups excluding carboxylic acids is 1. The van der Waals surface area contributed by atoms with Gasteiger partial charge in [-0.25, -0.2) is 0 Å². The highest BCUT2D eigenvalue weighted by molar-refractivity contribution is 8.15. The van der Waals surface area contributed by atoms with Crippen molar-refractivity contribution < 1.29 is 4.79 Å². The van der Waals surface area contributed by atoms with Crippen molar-refractivity contribution in [2.75, 3.05) is 5.75 Å². The summed E-state index contributed by atoms with van der Waals surface area (Å²) < 4.78 is 0. The van der Waals surface area contributed by atoms with Gasteiger partial charge in [0.15, 0.2) is 5.17 Å². The molecule has 3 rings (SSSR count). The molecule has 0 saturated carbocycles. The van der Waals surface area contributed by atoms with E-state index in [4.69, 9.17) is 11.6 Å². The lowest BCUT2D eigenvalue weighted by Gasteiger charge is -2.14. The quantitative estimate of drug-likeness (QED) is 0.626. The van der Waals surface area contributed by atoms with Crippen molar-refractivity contribution in [3.05, 3.63) is 70.7 Å². The molecular weight excluding hydrogens is 330 g/mol. The van der Waals surface area contributed by atoms with E-state index in [1.807, 2.05) is 42.5 Å². The zero-order chi connectivity index (χ0) is 16.1. The van der Waals surface area contributed by atoms with Crippen molar-refractivity contribution in [3.63, 3.8) is 0 Å². The van der Waals surface area contributed by atoms with Gasteiger partial charge in [-0.1, -0.05) is 65.8 Å². The van der Waals surface area contributed by atoms with E-state index in [1.165, 1.54) is 11.8 Å². The monoisotopic (exact) mass is 343 g/mol. The van der Waals surface area contributed by atoms with Gasteiger partial charge < -0.3 is 0 Å². The first kappa shape index (κ1) is 15.8. The summed E-state index contributed by atoms with van der Waals surface area (Å²) in [5.41, 5.74) is 1.97. The molecule has 0 unspecified atom stereocenters. The molecule has 0 bridgehead atoms. The number of rotatable bonds is 4. The Bertz CT molecular complexity index is 744. The lowest BCUT2D eigenvalue weighted by atomic mass is 10.2. The van der Waals surface area contributed by atoms with Crippen molar-refractivity contribution in [2.24, 2.45) is 10.2 Å². The van der Waals surface area contributed by atoms with Gasteiger partial charge in [-0.05, 0) is 23.3 Å². The molecule has 2 aromatic carbocycles. The van der Waals surface area contributed by atoms with Crippen molar-refractivity contribution in [2.45, 2.75) is 6.54 Å². The van der Waals surface area contributed by atoms with Crippen LogP contribution in [0.25, 0.3) is 0 Å². The number of hydrogen-bond donors (Lipinski definition) is 0. The maximum atomic E-state index is 12.0. The van der Waals surface area contributed by atoms with E-state index in [9.17, 15) is 4.79 Å². The largest absolute Gasteiger partial charge is 0.285 e. The Labute approximate surface area is 143 Å². The third kappa shape index (κ3) is 4.21. The fourth-order valence-corrected chi connectivity index (χ4v) is 3.05. The zero-order valence-electron chi connectivity index (χ0n) is 12.2. The number of benzene rings is 2. The lowest BCUT2D eigenvalue weighted by Crippen LogP contribution is -2.28. The molecular formula is C17H14ClN3OS. The van der Waals surface area contributed by atoms with Gasteiger partial charge in [-0.15, -0.1) is 5.10 Å². The minimum atomic E-state index is 0.0549. The van der Waals surface area contributed by atoms with Crippen LogP contribution in [-0.4, -0.2) is 27.9 Å². The number of halogens is 1. The van der Waals surface area contributed by atoms with E-state index in [0.29, 0.717) is 22.5 Å². The molecule has 4 nitrogen and oxygen atoms in total. The number of hydrogen-bond acceptors (Lipinski definition) is 4. The van der Waals surface area contributed by atoms with Gasteiger partial charge in [-0.3, -0.25) is 9.69 Å². The van der Waals surface area contributed by atoms with Gasteiger partial charge in [0.1, 0.15) is 0 Å². The molecule has 0 spiro atoms. The molecule has 0 radical (unpaired) electrons. The van der Waals surface area contributed by atoms with Crippen LogP contribution in [0.1, 0.15) is 11.1 Å². The van der Waals surface area contributed by atoms with Gasteiger partial charge in [0.2, 0.25) is 5.91 Å². The highest BCUT2D eigenvalue weighted by Crippen LogP contribution is 2.22. The Morgan fingerprint density at radius 3 is 2.61 bits per heavy atom. The normalized spacial score (nSPS) is 16.7. The molecule has 1 aliphatic heterocycles. The lowest BCUT2D eigenvalue weighted by molar-refractivity contribution is -0.124. The number of carbonyl (C=O) groups is 1. The number of amidine groups is 1. The molecule has 1 aliphatic rings. The molecule has 0 atom stereocenters. The molecule has 1 heterocycles. The van der Waals surface area contributed by atoms with E-state index in [1.54, 1.807) is 23.2 Å². The van der Waals surface area contributed by atoms with Crippen molar-refractivity contribution in [3.8, 4) is 0 Å². The topological polar surface area (TPSA) is 45.0 Å². The van der Waals surface area contributed by atoms with Crippen molar-refractivity contribution in [1.29, 1.82) is 0 Å². The van der Waals surface area contributed by atoms with E-state index < -0.39 is 0 Å². The third-order valence-corrected chi connectivity index (χ3v) is 4.46. The number of thioether (sulfide) groups is 1. The summed E-state index contributed by atoms with van der Waals surface area (Å²) in [7, 11) is 0. The Morgan fingerprint density at radius 1 is 1.13 bits per heavy atom. The summed E-state index contributed by atoms with van der Waals surface area (Å²) in [6, 6.07) is 17.2. The van der Waals surface area contributed by atoms with Crippen LogP contribution in [0.4, 0.5) is 0 Å². The SMILES string of the molecule is O=C1CSC(=NN=Cc2ccc(Cl)cc2)N1Cc1ccccc1. The highest BCUT2D eigenvalue weighted by Gasteiger charge is 2.28. The van der Waals surface area contributed by atoms with Crippen LogP contribution >= 0.6 is 23.4 Å². The van der Waals surface area contributed by atoms with Crippen molar-refractivity contribution >= 4 is 40.7 Å². The predicted molar refractivity (Wildman–Crippen MR) is 95.9 cm³/mol. The van der Waals surface area contributed by atoms with Crippen LogP contribution in [0, 0.1) is 0 Å². The first-order valence-electron chi connectivity index (χ1n) is 7.06. The third-order valence-electron chi connectivity index (χ3n) is 3.26. The summed E-state index contributed by atoms with van der Waals surface area (Å²) in [5.74, 6) is 0.460. The van der Waals surface area contributed by atoms with E-state index in [2.05, 4.69) is 10.2 Å². The molecule has 2 aromatic rings. The van der Waals surface area contributed by atoms with Crippen LogP contribution in [0.2, 0.25) is 5.02 Å². The van der Waals surface area contributed by atoms with Gasteiger partial charge in [0, 0.05) is 5.02 Å². The van der Waals surface area contributed by atoms with Crippen LogP contribution < -0.4 is 0 Å². The van der Waals surface area contributed by atoms with Crippen LogP contribution in [-0.2, 0) is 11.3 Å². The highest BCUT2D eigenvalue weighted by atomic mass is 35.5. The van der Waals surface area contributed by atoms with Gasteiger partial charge >= 0.3 is 0 Å². The second kappa shape index (κ2) is 7.44. The summed E-state index contributed by atoms with van der Waals surface area (Å²) in [6.45, 7) is 0.516. The molecule has 1 fully saturated rings. The smallest absolute Gasteiger partial charge is 0.239 e. The summed E-state index contributed by atoms with van der Waals surface area (Å²) >= 11 is 7.25. The fraction of sp³-hybridized carbons (Fsp3) is 0.118. The number of nitrogens with zero attached hydrogens (tertiary/aromatic N) is 3. The molecule has 6 heteroatoms. The second-order valence-corrected chi connectivity index (χ2v) is 6.31. The first-order valence-corrected chi connectivity index (χ1v) is 8.42. The van der Waals surface area contributed by atoms with Crippen molar-refractivity contribution in [1.82, 2.24) is 4.90 Å². The zero-order valence-corrected chi connectivity index (χ0v) is 13.8. The molecule has 0 aliphatic carbocycles. The van der Waals surface area contributed by atoms with E-state index in [-0.39, 0.29) is 5.91 Å². The van der Waals surface area contributed by atoms with Gasteiger partial charge in [0.05, 0.1) is 18.5 Å². The second-order valence-electron chi connectivity index (χ2n) is 4.93. The molecule has 1 saturated heterocycles. The molecule has 0 N–H and O–H groups in total.